The first-order chi connectivity index (χ1) is 8.45. The Kier molecular flexibility index (Phi) is 4.18. The second-order valence-electron chi connectivity index (χ2n) is 3.56. The summed E-state index contributed by atoms with van der Waals surface area (Å²) in [6, 6.07) is 20.1. The van der Waals surface area contributed by atoms with Gasteiger partial charge < -0.3 is 4.74 Å². The zero-order valence-corrected chi connectivity index (χ0v) is 9.49. The standard InChI is InChI=1S/C16H14O/c1-3-7-15(8-4-1)11-13-17-14-12-16-9-5-2-6-10-16/h1-14H/b13-11+,14-12+. The van der Waals surface area contributed by atoms with Gasteiger partial charge in [-0.2, -0.15) is 0 Å². The van der Waals surface area contributed by atoms with Crippen molar-refractivity contribution < 1.29 is 4.74 Å². The van der Waals surface area contributed by atoms with E-state index in [1.807, 2.05) is 72.8 Å². The molecule has 0 heterocycles. The van der Waals surface area contributed by atoms with Crippen LogP contribution in [-0.4, -0.2) is 0 Å². The van der Waals surface area contributed by atoms with Crippen LogP contribution in [0.1, 0.15) is 11.1 Å². The summed E-state index contributed by atoms with van der Waals surface area (Å²) in [4.78, 5) is 0. The van der Waals surface area contributed by atoms with Crippen LogP contribution < -0.4 is 0 Å². The molecule has 0 spiro atoms. The van der Waals surface area contributed by atoms with Gasteiger partial charge in [0, 0.05) is 0 Å². The lowest BCUT2D eigenvalue weighted by atomic mass is 10.2. The topological polar surface area (TPSA) is 9.23 Å². The summed E-state index contributed by atoms with van der Waals surface area (Å²) in [5.74, 6) is 0. The van der Waals surface area contributed by atoms with E-state index in [9.17, 15) is 0 Å². The highest BCUT2D eigenvalue weighted by Gasteiger charge is 1.83. The molecular weight excluding hydrogens is 208 g/mol. The fourth-order valence-corrected chi connectivity index (χ4v) is 1.41. The molecule has 0 atom stereocenters. The maximum Gasteiger partial charge on any atom is 0.0907 e. The predicted octanol–water partition coefficient (Wildman–Crippen LogP) is 4.34. The van der Waals surface area contributed by atoms with Gasteiger partial charge in [-0.3, -0.25) is 0 Å². The van der Waals surface area contributed by atoms with E-state index in [1.54, 1.807) is 12.5 Å². The molecule has 0 radical (unpaired) electrons. The molecule has 0 saturated heterocycles. The van der Waals surface area contributed by atoms with Crippen molar-refractivity contribution in [1.82, 2.24) is 0 Å². The van der Waals surface area contributed by atoms with Crippen LogP contribution >= 0.6 is 0 Å². The second-order valence-corrected chi connectivity index (χ2v) is 3.56. The SMILES string of the molecule is C(=C\c1ccccc1)/O/C=C/c1ccccc1. The van der Waals surface area contributed by atoms with Gasteiger partial charge in [0.25, 0.3) is 0 Å². The maximum absolute atomic E-state index is 5.28. The van der Waals surface area contributed by atoms with Crippen LogP contribution in [-0.2, 0) is 4.74 Å². The molecule has 2 aromatic rings. The monoisotopic (exact) mass is 222 g/mol. The van der Waals surface area contributed by atoms with E-state index in [4.69, 9.17) is 4.74 Å². The van der Waals surface area contributed by atoms with Crippen LogP contribution in [0, 0.1) is 0 Å². The van der Waals surface area contributed by atoms with E-state index in [1.165, 1.54) is 0 Å². The van der Waals surface area contributed by atoms with Crippen molar-refractivity contribution in [3.63, 3.8) is 0 Å². The first kappa shape index (κ1) is 11.2. The second kappa shape index (κ2) is 6.33. The minimum absolute atomic E-state index is 1.13. The highest BCUT2D eigenvalue weighted by molar-refractivity contribution is 5.49. The van der Waals surface area contributed by atoms with Crippen LogP contribution in [0.3, 0.4) is 0 Å². The minimum Gasteiger partial charge on any atom is -0.473 e. The zero-order chi connectivity index (χ0) is 11.8. The van der Waals surface area contributed by atoms with Crippen molar-refractivity contribution >= 4 is 12.2 Å². The van der Waals surface area contributed by atoms with E-state index < -0.39 is 0 Å². The van der Waals surface area contributed by atoms with Crippen LogP contribution in [0.25, 0.3) is 12.2 Å². The Bertz CT molecular complexity index is 436. The molecule has 1 nitrogen and oxygen atoms in total. The summed E-state index contributed by atoms with van der Waals surface area (Å²) in [6.45, 7) is 0. The van der Waals surface area contributed by atoms with E-state index >= 15 is 0 Å². The van der Waals surface area contributed by atoms with Gasteiger partial charge in [0.1, 0.15) is 0 Å². The van der Waals surface area contributed by atoms with Crippen LogP contribution in [0.5, 0.6) is 0 Å². The molecule has 0 fully saturated rings. The lowest BCUT2D eigenvalue weighted by molar-refractivity contribution is 0.410. The summed E-state index contributed by atoms with van der Waals surface area (Å²) in [5, 5.41) is 0. The van der Waals surface area contributed by atoms with Crippen molar-refractivity contribution in [3.8, 4) is 0 Å². The fraction of sp³-hybridized carbons (Fsp3) is 0. The van der Waals surface area contributed by atoms with Gasteiger partial charge in [-0.1, -0.05) is 60.7 Å². The third kappa shape index (κ3) is 3.99. The van der Waals surface area contributed by atoms with Crippen LogP contribution in [0.2, 0.25) is 0 Å². The summed E-state index contributed by atoms with van der Waals surface area (Å²) < 4.78 is 5.28. The molecule has 0 saturated carbocycles. The molecule has 0 N–H and O–H groups in total. The van der Waals surface area contributed by atoms with E-state index in [0.29, 0.717) is 0 Å². The third-order valence-corrected chi connectivity index (χ3v) is 2.28. The summed E-state index contributed by atoms with van der Waals surface area (Å²) in [6.07, 6.45) is 7.20. The molecule has 0 aliphatic rings. The van der Waals surface area contributed by atoms with Crippen molar-refractivity contribution in [2.45, 2.75) is 0 Å². The fourth-order valence-electron chi connectivity index (χ4n) is 1.41. The molecule has 1 heteroatoms. The van der Waals surface area contributed by atoms with Crippen LogP contribution in [0.15, 0.2) is 73.2 Å². The number of hydrogen-bond acceptors (Lipinski definition) is 1. The first-order valence-corrected chi connectivity index (χ1v) is 5.54. The Balaban J connectivity index is 1.84. The molecular formula is C16H14O. The molecule has 0 aliphatic carbocycles. The van der Waals surface area contributed by atoms with Gasteiger partial charge in [0.2, 0.25) is 0 Å². The number of rotatable bonds is 4. The predicted molar refractivity (Wildman–Crippen MR) is 72.0 cm³/mol. The van der Waals surface area contributed by atoms with Gasteiger partial charge in [-0.05, 0) is 23.3 Å². The zero-order valence-electron chi connectivity index (χ0n) is 9.49. The highest BCUT2D eigenvalue weighted by Crippen LogP contribution is 2.03. The quantitative estimate of drug-likeness (QED) is 0.699. The molecule has 0 bridgehead atoms. The molecule has 0 aliphatic heterocycles. The summed E-state index contributed by atoms with van der Waals surface area (Å²) in [7, 11) is 0. The summed E-state index contributed by atoms with van der Waals surface area (Å²) in [5.41, 5.74) is 2.25. The third-order valence-electron chi connectivity index (χ3n) is 2.28. The van der Waals surface area contributed by atoms with Crippen molar-refractivity contribution in [2.24, 2.45) is 0 Å². The lowest BCUT2D eigenvalue weighted by Crippen LogP contribution is -1.71. The van der Waals surface area contributed by atoms with Crippen molar-refractivity contribution in [2.75, 3.05) is 0 Å². The van der Waals surface area contributed by atoms with Gasteiger partial charge in [-0.25, -0.2) is 0 Å². The largest absolute Gasteiger partial charge is 0.473 e. The molecule has 0 amide bonds. The molecule has 17 heavy (non-hydrogen) atoms. The number of hydrogen-bond donors (Lipinski definition) is 0. The Labute approximate surface area is 102 Å². The van der Waals surface area contributed by atoms with Gasteiger partial charge >= 0.3 is 0 Å². The Morgan fingerprint density at radius 1 is 0.588 bits per heavy atom. The van der Waals surface area contributed by atoms with Crippen molar-refractivity contribution in [3.05, 3.63) is 84.3 Å². The van der Waals surface area contributed by atoms with Gasteiger partial charge in [-0.15, -0.1) is 0 Å². The highest BCUT2D eigenvalue weighted by atomic mass is 16.5. The number of ether oxygens (including phenoxy) is 1. The molecule has 0 unspecified atom stereocenters. The van der Waals surface area contributed by atoms with E-state index in [0.717, 1.165) is 11.1 Å². The van der Waals surface area contributed by atoms with E-state index in [-0.39, 0.29) is 0 Å². The average Bonchev–Trinajstić information content (AvgIpc) is 2.41. The number of benzene rings is 2. The Hall–Kier alpha value is -2.28. The maximum atomic E-state index is 5.28. The van der Waals surface area contributed by atoms with Gasteiger partial charge in [0.15, 0.2) is 0 Å². The molecule has 0 aromatic heterocycles. The van der Waals surface area contributed by atoms with Crippen LogP contribution in [0.4, 0.5) is 0 Å². The first-order valence-electron chi connectivity index (χ1n) is 5.54. The van der Waals surface area contributed by atoms with Crippen molar-refractivity contribution in [1.29, 1.82) is 0 Å². The molecule has 2 aromatic carbocycles. The lowest BCUT2D eigenvalue weighted by Gasteiger charge is -1.93. The van der Waals surface area contributed by atoms with Gasteiger partial charge in [0.05, 0.1) is 12.5 Å². The minimum atomic E-state index is 1.13. The Morgan fingerprint density at radius 3 is 1.41 bits per heavy atom. The molecule has 2 rings (SSSR count). The smallest absolute Gasteiger partial charge is 0.0907 e. The molecule has 84 valence electrons. The summed E-state index contributed by atoms with van der Waals surface area (Å²) >= 11 is 0. The normalized spacial score (nSPS) is 11.1. The average molecular weight is 222 g/mol. The van der Waals surface area contributed by atoms with E-state index in [2.05, 4.69) is 0 Å². The Morgan fingerprint density at radius 2 is 1.00 bits per heavy atom.